The monoisotopic (exact) mass is 426 g/mol. The zero-order chi connectivity index (χ0) is 22.2. The molecule has 0 saturated heterocycles. The van der Waals surface area contributed by atoms with Gasteiger partial charge in [0.2, 0.25) is 5.65 Å². The number of hydrogen-bond donors (Lipinski definition) is 2. The van der Waals surface area contributed by atoms with Crippen LogP contribution in [-0.2, 0) is 13.0 Å². The second-order valence-corrected chi connectivity index (χ2v) is 9.50. The minimum atomic E-state index is -0.451. The van der Waals surface area contributed by atoms with E-state index in [9.17, 15) is 4.79 Å². The van der Waals surface area contributed by atoms with Crippen molar-refractivity contribution in [3.63, 3.8) is 0 Å². The lowest BCUT2D eigenvalue weighted by atomic mass is 9.95. The first-order valence-corrected chi connectivity index (χ1v) is 11.5. The fraction of sp³-hybridized carbons (Fsp3) is 0.682. The molecule has 3 aromatic rings. The smallest absolute Gasteiger partial charge is 0.315 e. The molecule has 4 rings (SSSR count). The molecule has 0 aromatic carbocycles. The molecule has 1 saturated carbocycles. The van der Waals surface area contributed by atoms with Crippen LogP contribution < -0.4 is 10.6 Å². The number of imidazole rings is 1. The Balaban J connectivity index is 1.65. The number of carbonyl (C=O) groups is 1. The number of tetrazole rings is 1. The van der Waals surface area contributed by atoms with Gasteiger partial charge in [0, 0.05) is 24.7 Å². The van der Waals surface area contributed by atoms with Crippen molar-refractivity contribution < 1.29 is 4.79 Å². The van der Waals surface area contributed by atoms with Crippen LogP contribution in [0.15, 0.2) is 0 Å². The zero-order valence-corrected chi connectivity index (χ0v) is 19.3. The second kappa shape index (κ2) is 8.43. The number of urea groups is 1. The molecule has 3 heterocycles. The predicted octanol–water partition coefficient (Wildman–Crippen LogP) is 3.45. The van der Waals surface area contributed by atoms with Crippen LogP contribution in [0.2, 0.25) is 0 Å². The van der Waals surface area contributed by atoms with E-state index in [-0.39, 0.29) is 12.1 Å². The molecule has 2 amide bonds. The summed E-state index contributed by atoms with van der Waals surface area (Å²) < 4.78 is 4.00. The number of aryl methyl sites for hydroxylation is 3. The fourth-order valence-corrected chi connectivity index (χ4v) is 4.72. The molecule has 1 fully saturated rings. The molecule has 1 aliphatic carbocycles. The number of rotatable bonds is 6. The normalized spacial score (nSPS) is 15.6. The van der Waals surface area contributed by atoms with Gasteiger partial charge in [-0.2, -0.15) is 4.52 Å². The van der Waals surface area contributed by atoms with Crippen molar-refractivity contribution in [2.75, 3.05) is 0 Å². The third kappa shape index (κ3) is 4.22. The van der Waals surface area contributed by atoms with Crippen LogP contribution in [0, 0.1) is 13.8 Å². The van der Waals surface area contributed by atoms with Crippen LogP contribution in [0.1, 0.15) is 76.4 Å². The number of nitrogens with one attached hydrogen (secondary N) is 2. The Kier molecular flexibility index (Phi) is 5.85. The lowest BCUT2D eigenvalue weighted by Gasteiger charge is -2.30. The highest BCUT2D eigenvalue weighted by molar-refractivity contribution is 5.91. The molecule has 0 spiro atoms. The number of carbonyl (C=O) groups excluding carboxylic acids is 1. The minimum Gasteiger partial charge on any atom is -0.335 e. The third-order valence-electron chi connectivity index (χ3n) is 6.36. The largest absolute Gasteiger partial charge is 0.335 e. The lowest BCUT2D eigenvalue weighted by Crippen LogP contribution is -2.53. The maximum Gasteiger partial charge on any atom is 0.315 e. The standard InChI is InChI=1S/C22H34N8O/c1-6-10-17-24-18-19(14(2)15(3)30-20(18)26-27-28-30)29(17)13-22(4,5)25-21(31)23-16-11-8-7-9-12-16/h16H,6-13H2,1-5H3,(H2,23,25,31). The SMILES string of the molecule is CCCc1nc2c(c(C)c(C)n3nnnc23)n1CC(C)(C)NC(=O)NC1CCCCC1. The van der Waals surface area contributed by atoms with E-state index in [1.165, 1.54) is 19.3 Å². The topological polar surface area (TPSA) is 102 Å². The van der Waals surface area contributed by atoms with Gasteiger partial charge in [0.05, 0.1) is 11.1 Å². The fourth-order valence-electron chi connectivity index (χ4n) is 4.72. The molecule has 9 nitrogen and oxygen atoms in total. The Bertz CT molecular complexity index is 1090. The van der Waals surface area contributed by atoms with E-state index in [2.05, 4.69) is 58.4 Å². The molecular formula is C22H34N8O. The van der Waals surface area contributed by atoms with Crippen LogP contribution in [0.3, 0.4) is 0 Å². The Morgan fingerprint density at radius 2 is 1.94 bits per heavy atom. The maximum atomic E-state index is 12.7. The molecule has 0 aliphatic heterocycles. The number of amides is 2. The maximum absolute atomic E-state index is 12.7. The molecule has 31 heavy (non-hydrogen) atoms. The molecule has 0 unspecified atom stereocenters. The molecule has 2 N–H and O–H groups in total. The van der Waals surface area contributed by atoms with Crippen molar-refractivity contribution in [3.8, 4) is 0 Å². The van der Waals surface area contributed by atoms with Crippen molar-refractivity contribution >= 4 is 22.7 Å². The summed E-state index contributed by atoms with van der Waals surface area (Å²) in [5.41, 5.74) is 4.19. The van der Waals surface area contributed by atoms with Gasteiger partial charge >= 0.3 is 6.03 Å². The number of aromatic nitrogens is 6. The van der Waals surface area contributed by atoms with Crippen LogP contribution in [-0.4, -0.2) is 47.2 Å². The van der Waals surface area contributed by atoms with Gasteiger partial charge in [-0.15, -0.1) is 5.10 Å². The van der Waals surface area contributed by atoms with Crippen LogP contribution in [0.25, 0.3) is 16.7 Å². The molecule has 0 atom stereocenters. The van der Waals surface area contributed by atoms with Gasteiger partial charge in [-0.3, -0.25) is 0 Å². The van der Waals surface area contributed by atoms with E-state index >= 15 is 0 Å². The van der Waals surface area contributed by atoms with Gasteiger partial charge in [0.25, 0.3) is 0 Å². The van der Waals surface area contributed by atoms with E-state index in [0.29, 0.717) is 12.2 Å². The highest BCUT2D eigenvalue weighted by Crippen LogP contribution is 2.28. The van der Waals surface area contributed by atoms with Gasteiger partial charge in [0.15, 0.2) is 0 Å². The molecule has 1 aliphatic rings. The molecular weight excluding hydrogens is 392 g/mol. The zero-order valence-electron chi connectivity index (χ0n) is 19.3. The lowest BCUT2D eigenvalue weighted by molar-refractivity contribution is 0.218. The molecule has 168 valence electrons. The summed E-state index contributed by atoms with van der Waals surface area (Å²) in [6.45, 7) is 11.0. The summed E-state index contributed by atoms with van der Waals surface area (Å²) >= 11 is 0. The van der Waals surface area contributed by atoms with Crippen molar-refractivity contribution in [1.29, 1.82) is 0 Å². The van der Waals surface area contributed by atoms with Crippen LogP contribution in [0.4, 0.5) is 4.79 Å². The Hall–Kier alpha value is -2.71. The average Bonchev–Trinajstić information content (AvgIpc) is 3.32. The minimum absolute atomic E-state index is 0.0877. The summed E-state index contributed by atoms with van der Waals surface area (Å²) in [5.74, 6) is 0.999. The van der Waals surface area contributed by atoms with Crippen molar-refractivity contribution in [1.82, 2.24) is 40.2 Å². The Labute approximate surface area is 183 Å². The van der Waals surface area contributed by atoms with Crippen molar-refractivity contribution in [2.24, 2.45) is 0 Å². The summed E-state index contributed by atoms with van der Waals surface area (Å²) in [7, 11) is 0. The molecule has 9 heteroatoms. The highest BCUT2D eigenvalue weighted by atomic mass is 16.2. The molecule has 0 radical (unpaired) electrons. The Morgan fingerprint density at radius 3 is 2.65 bits per heavy atom. The Morgan fingerprint density at radius 1 is 1.19 bits per heavy atom. The van der Waals surface area contributed by atoms with E-state index in [4.69, 9.17) is 4.98 Å². The summed E-state index contributed by atoms with van der Waals surface area (Å²) in [4.78, 5) is 17.6. The number of hydrogen-bond acceptors (Lipinski definition) is 5. The first kappa shape index (κ1) is 21.5. The summed E-state index contributed by atoms with van der Waals surface area (Å²) in [5, 5.41) is 18.6. The highest BCUT2D eigenvalue weighted by Gasteiger charge is 2.27. The van der Waals surface area contributed by atoms with E-state index in [1.807, 2.05) is 6.92 Å². The third-order valence-corrected chi connectivity index (χ3v) is 6.36. The summed E-state index contributed by atoms with van der Waals surface area (Å²) in [6.07, 6.45) is 7.64. The number of fused-ring (bicyclic) bond motifs is 3. The van der Waals surface area contributed by atoms with Gasteiger partial charge in [-0.05, 0) is 62.9 Å². The number of pyridine rings is 1. The van der Waals surface area contributed by atoms with Crippen molar-refractivity contribution in [3.05, 3.63) is 17.1 Å². The van der Waals surface area contributed by atoms with E-state index in [0.717, 1.165) is 53.8 Å². The predicted molar refractivity (Wildman–Crippen MR) is 120 cm³/mol. The first-order chi connectivity index (χ1) is 14.8. The van der Waals surface area contributed by atoms with Gasteiger partial charge in [-0.1, -0.05) is 26.2 Å². The molecule has 0 bridgehead atoms. The van der Waals surface area contributed by atoms with Gasteiger partial charge < -0.3 is 15.2 Å². The van der Waals surface area contributed by atoms with E-state index < -0.39 is 5.54 Å². The molecule has 3 aromatic heterocycles. The number of nitrogens with zero attached hydrogens (tertiary/aromatic N) is 6. The van der Waals surface area contributed by atoms with Gasteiger partial charge in [-0.25, -0.2) is 9.78 Å². The van der Waals surface area contributed by atoms with Crippen LogP contribution in [0.5, 0.6) is 0 Å². The second-order valence-electron chi connectivity index (χ2n) is 9.50. The van der Waals surface area contributed by atoms with Crippen LogP contribution >= 0.6 is 0 Å². The quantitative estimate of drug-likeness (QED) is 0.628. The van der Waals surface area contributed by atoms with Gasteiger partial charge in [0.1, 0.15) is 11.3 Å². The van der Waals surface area contributed by atoms with E-state index in [1.54, 1.807) is 4.52 Å². The van der Waals surface area contributed by atoms with Crippen molar-refractivity contribution in [2.45, 2.75) is 97.7 Å². The summed E-state index contributed by atoms with van der Waals surface area (Å²) in [6, 6.07) is 0.197. The first-order valence-electron chi connectivity index (χ1n) is 11.5. The average molecular weight is 427 g/mol.